The molecule has 112 valence electrons. The lowest BCUT2D eigenvalue weighted by molar-refractivity contribution is -0.153. The van der Waals surface area contributed by atoms with E-state index < -0.39 is 17.4 Å². The van der Waals surface area contributed by atoms with E-state index in [1.807, 2.05) is 12.1 Å². The van der Waals surface area contributed by atoms with Crippen LogP contribution in [0.3, 0.4) is 0 Å². The molecule has 1 aromatic carbocycles. The van der Waals surface area contributed by atoms with Crippen LogP contribution in [0.1, 0.15) is 37.7 Å². The highest BCUT2D eigenvalue weighted by molar-refractivity contribution is 6.30. The van der Waals surface area contributed by atoms with Gasteiger partial charge in [0.05, 0.1) is 5.41 Å². The minimum absolute atomic E-state index is 0.0306. The number of carbonyl (C=O) groups excluding carboxylic acids is 1. The molecule has 1 saturated heterocycles. The zero-order chi connectivity index (χ0) is 15.0. The number of carbonyl (C=O) groups is 2. The molecule has 1 heterocycles. The third-order valence-electron chi connectivity index (χ3n) is 4.60. The Hall–Kier alpha value is -1.55. The fraction of sp³-hybridized carbons (Fsp3) is 0.500. The second kappa shape index (κ2) is 5.34. The van der Waals surface area contributed by atoms with Gasteiger partial charge in [0.25, 0.3) is 0 Å². The van der Waals surface area contributed by atoms with Gasteiger partial charge in [-0.1, -0.05) is 23.7 Å². The Bertz CT molecular complexity index is 565. The number of halogens is 1. The van der Waals surface area contributed by atoms with Gasteiger partial charge in [-0.3, -0.25) is 4.79 Å². The molecule has 1 aromatic rings. The fourth-order valence-corrected chi connectivity index (χ4v) is 3.35. The second-order valence-electron chi connectivity index (χ2n) is 5.94. The zero-order valence-corrected chi connectivity index (χ0v) is 12.5. The Morgan fingerprint density at radius 2 is 1.86 bits per heavy atom. The molecule has 0 aromatic heterocycles. The summed E-state index contributed by atoms with van der Waals surface area (Å²) in [5, 5.41) is 9.98. The molecule has 4 nitrogen and oxygen atoms in total. The van der Waals surface area contributed by atoms with Crippen molar-refractivity contribution in [2.45, 2.75) is 43.6 Å². The number of amides is 1. The van der Waals surface area contributed by atoms with Crippen LogP contribution in [0.5, 0.6) is 0 Å². The lowest BCUT2D eigenvalue weighted by Crippen LogP contribution is -2.51. The van der Waals surface area contributed by atoms with Gasteiger partial charge in [-0.2, -0.15) is 0 Å². The van der Waals surface area contributed by atoms with E-state index in [0.29, 0.717) is 18.0 Å². The van der Waals surface area contributed by atoms with E-state index in [0.717, 1.165) is 31.2 Å². The van der Waals surface area contributed by atoms with Crippen molar-refractivity contribution in [3.63, 3.8) is 0 Å². The number of piperidine rings is 1. The number of benzene rings is 1. The molecule has 0 unspecified atom stereocenters. The number of carboxylic acid groups (broad SMARTS) is 1. The lowest BCUT2D eigenvalue weighted by atomic mass is 9.91. The Morgan fingerprint density at radius 3 is 2.43 bits per heavy atom. The van der Waals surface area contributed by atoms with Crippen LogP contribution >= 0.6 is 11.6 Å². The number of nitrogens with zero attached hydrogens (tertiary/aromatic N) is 1. The molecule has 0 bridgehead atoms. The molecule has 2 fully saturated rings. The Balaban J connectivity index is 1.86. The molecule has 0 spiro atoms. The van der Waals surface area contributed by atoms with Gasteiger partial charge < -0.3 is 10.0 Å². The first-order chi connectivity index (χ1) is 10.0. The topological polar surface area (TPSA) is 57.6 Å². The molecular formula is C16H18ClNO3. The minimum Gasteiger partial charge on any atom is -0.480 e. The first-order valence-corrected chi connectivity index (χ1v) is 7.72. The predicted molar refractivity (Wildman–Crippen MR) is 79.4 cm³/mol. The maximum absolute atomic E-state index is 12.9. The highest BCUT2D eigenvalue weighted by Gasteiger charge is 2.54. The summed E-state index contributed by atoms with van der Waals surface area (Å²) in [6.07, 6.45) is 3.88. The van der Waals surface area contributed by atoms with E-state index in [4.69, 9.17) is 11.6 Å². The first-order valence-electron chi connectivity index (χ1n) is 7.34. The van der Waals surface area contributed by atoms with Gasteiger partial charge in [-0.15, -0.1) is 0 Å². The molecule has 5 heteroatoms. The fourth-order valence-electron chi connectivity index (χ4n) is 3.23. The molecule has 1 aliphatic carbocycles. The molecule has 3 rings (SSSR count). The molecule has 1 saturated carbocycles. The van der Waals surface area contributed by atoms with Gasteiger partial charge in [0.15, 0.2) is 0 Å². The number of likely N-dealkylation sites (tertiary alicyclic amines) is 1. The van der Waals surface area contributed by atoms with Gasteiger partial charge in [-0.25, -0.2) is 4.79 Å². The van der Waals surface area contributed by atoms with Crippen LogP contribution in [0.2, 0.25) is 5.02 Å². The summed E-state index contributed by atoms with van der Waals surface area (Å²) in [7, 11) is 0. The molecule has 1 aliphatic heterocycles. The molecule has 0 radical (unpaired) electrons. The average molecular weight is 308 g/mol. The van der Waals surface area contributed by atoms with Crippen LogP contribution in [0.25, 0.3) is 0 Å². The van der Waals surface area contributed by atoms with Crippen molar-refractivity contribution < 1.29 is 14.7 Å². The van der Waals surface area contributed by atoms with Crippen LogP contribution in [-0.4, -0.2) is 34.5 Å². The van der Waals surface area contributed by atoms with Crippen molar-refractivity contribution in [2.24, 2.45) is 0 Å². The van der Waals surface area contributed by atoms with E-state index in [9.17, 15) is 14.7 Å². The number of hydrogen-bond acceptors (Lipinski definition) is 2. The van der Waals surface area contributed by atoms with Crippen molar-refractivity contribution in [1.29, 1.82) is 0 Å². The molecule has 1 atom stereocenters. The summed E-state index contributed by atoms with van der Waals surface area (Å²) in [6, 6.07) is 6.67. The number of rotatable bonds is 3. The largest absolute Gasteiger partial charge is 0.480 e. The number of carboxylic acids is 1. The smallest absolute Gasteiger partial charge is 0.326 e. The van der Waals surface area contributed by atoms with Gasteiger partial charge in [-0.05, 0) is 49.8 Å². The third kappa shape index (κ3) is 2.53. The van der Waals surface area contributed by atoms with Crippen molar-refractivity contribution in [2.75, 3.05) is 6.54 Å². The standard InChI is InChI=1S/C16H18ClNO3/c17-12-6-4-11(5-7-12)16(8-9-16)15(21)18-10-2-1-3-13(18)14(19)20/h4-7,13H,1-3,8-10H2,(H,19,20)/t13-/m0/s1. The summed E-state index contributed by atoms with van der Waals surface area (Å²) in [5.41, 5.74) is 0.432. The Kier molecular flexibility index (Phi) is 3.66. The second-order valence-corrected chi connectivity index (χ2v) is 6.37. The number of aliphatic carboxylic acids is 1. The number of hydrogen-bond donors (Lipinski definition) is 1. The predicted octanol–water partition coefficient (Wildman–Crippen LogP) is 2.84. The Morgan fingerprint density at radius 1 is 1.19 bits per heavy atom. The summed E-state index contributed by atoms with van der Waals surface area (Å²) in [4.78, 5) is 25.9. The van der Waals surface area contributed by atoms with Gasteiger partial charge >= 0.3 is 5.97 Å². The molecule has 2 aliphatic rings. The summed E-state index contributed by atoms with van der Waals surface area (Å²) >= 11 is 5.90. The molecule has 21 heavy (non-hydrogen) atoms. The quantitative estimate of drug-likeness (QED) is 0.934. The van der Waals surface area contributed by atoms with Crippen LogP contribution < -0.4 is 0 Å². The summed E-state index contributed by atoms with van der Waals surface area (Å²) in [5.74, 6) is -0.924. The highest BCUT2D eigenvalue weighted by Crippen LogP contribution is 2.50. The van der Waals surface area contributed by atoms with Crippen molar-refractivity contribution in [1.82, 2.24) is 4.90 Å². The van der Waals surface area contributed by atoms with Crippen molar-refractivity contribution in [3.05, 3.63) is 34.9 Å². The van der Waals surface area contributed by atoms with Crippen molar-refractivity contribution in [3.8, 4) is 0 Å². The van der Waals surface area contributed by atoms with Crippen LogP contribution in [0.4, 0.5) is 0 Å². The third-order valence-corrected chi connectivity index (χ3v) is 4.86. The molecule has 1 N–H and O–H groups in total. The maximum Gasteiger partial charge on any atom is 0.326 e. The lowest BCUT2D eigenvalue weighted by Gasteiger charge is -2.35. The zero-order valence-electron chi connectivity index (χ0n) is 11.7. The Labute approximate surface area is 128 Å². The van der Waals surface area contributed by atoms with Crippen LogP contribution in [0, 0.1) is 0 Å². The van der Waals surface area contributed by atoms with Crippen molar-refractivity contribution >= 4 is 23.5 Å². The molecular weight excluding hydrogens is 290 g/mol. The SMILES string of the molecule is O=C(O)[C@@H]1CCCCN1C(=O)C1(c2ccc(Cl)cc2)CC1. The first kappa shape index (κ1) is 14.4. The average Bonchev–Trinajstić information content (AvgIpc) is 3.29. The minimum atomic E-state index is -0.894. The van der Waals surface area contributed by atoms with E-state index >= 15 is 0 Å². The van der Waals surface area contributed by atoms with Gasteiger partial charge in [0, 0.05) is 11.6 Å². The summed E-state index contributed by atoms with van der Waals surface area (Å²) < 4.78 is 0. The van der Waals surface area contributed by atoms with E-state index in [2.05, 4.69) is 0 Å². The van der Waals surface area contributed by atoms with Gasteiger partial charge in [0.1, 0.15) is 6.04 Å². The maximum atomic E-state index is 12.9. The highest BCUT2D eigenvalue weighted by atomic mass is 35.5. The molecule has 1 amide bonds. The van der Waals surface area contributed by atoms with Crippen LogP contribution in [0.15, 0.2) is 24.3 Å². The van der Waals surface area contributed by atoms with Crippen LogP contribution in [-0.2, 0) is 15.0 Å². The van der Waals surface area contributed by atoms with E-state index in [1.165, 1.54) is 0 Å². The summed E-state index contributed by atoms with van der Waals surface area (Å²) in [6.45, 7) is 0.547. The normalized spacial score (nSPS) is 23.7. The van der Waals surface area contributed by atoms with Gasteiger partial charge in [0.2, 0.25) is 5.91 Å². The van der Waals surface area contributed by atoms with E-state index in [-0.39, 0.29) is 5.91 Å². The van der Waals surface area contributed by atoms with E-state index in [1.54, 1.807) is 17.0 Å². The monoisotopic (exact) mass is 307 g/mol.